The molecule has 0 aliphatic heterocycles. The Labute approximate surface area is 170 Å². The van der Waals surface area contributed by atoms with Crippen molar-refractivity contribution in [2.75, 3.05) is 18.4 Å². The average Bonchev–Trinajstić information content (AvgIpc) is 2.50. The fraction of sp³-hybridized carbons (Fsp3) is 0.222. The van der Waals surface area contributed by atoms with E-state index in [4.69, 9.17) is 17.3 Å². The number of nitrogens with one attached hydrogen (secondary N) is 2. The zero-order chi connectivity index (χ0) is 17.5. The van der Waals surface area contributed by atoms with Gasteiger partial charge in [0.2, 0.25) is 0 Å². The summed E-state index contributed by atoms with van der Waals surface area (Å²) in [5.41, 5.74) is 9.51. The Balaban J connectivity index is 0.00000312. The molecule has 0 saturated heterocycles. The van der Waals surface area contributed by atoms with Crippen molar-refractivity contribution in [3.05, 3.63) is 64.2 Å². The van der Waals surface area contributed by atoms with Crippen LogP contribution in [-0.2, 0) is 0 Å². The van der Waals surface area contributed by atoms with Crippen molar-refractivity contribution < 1.29 is 4.79 Å². The van der Waals surface area contributed by atoms with Crippen molar-refractivity contribution in [1.29, 1.82) is 0 Å². The zero-order valence-corrected chi connectivity index (χ0v) is 17.3. The number of benzene rings is 2. The quantitative estimate of drug-likeness (QED) is 0.268. The van der Waals surface area contributed by atoms with E-state index < -0.39 is 0 Å². The first-order valence-corrected chi connectivity index (χ1v) is 8.01. The number of nitrogens with two attached hydrogens (primary N) is 1. The van der Waals surface area contributed by atoms with Crippen LogP contribution < -0.4 is 16.4 Å². The Morgan fingerprint density at radius 3 is 2.44 bits per heavy atom. The summed E-state index contributed by atoms with van der Waals surface area (Å²) < 4.78 is 0. The fourth-order valence-corrected chi connectivity index (χ4v) is 2.54. The lowest BCUT2D eigenvalue weighted by atomic mass is 10.1. The molecular weight excluding hydrogens is 451 g/mol. The van der Waals surface area contributed by atoms with E-state index >= 15 is 0 Å². The Morgan fingerprint density at radius 1 is 1.16 bits per heavy atom. The maximum atomic E-state index is 12.0. The minimum Gasteiger partial charge on any atom is -0.370 e. The van der Waals surface area contributed by atoms with Gasteiger partial charge in [-0.3, -0.25) is 9.79 Å². The topological polar surface area (TPSA) is 79.5 Å². The Bertz CT molecular complexity index is 744. The van der Waals surface area contributed by atoms with Crippen molar-refractivity contribution in [2.45, 2.75) is 13.8 Å². The first-order valence-electron chi connectivity index (χ1n) is 7.63. The highest BCUT2D eigenvalue weighted by molar-refractivity contribution is 14.0. The van der Waals surface area contributed by atoms with Gasteiger partial charge in [-0.15, -0.1) is 24.0 Å². The number of carbonyl (C=O) groups is 1. The van der Waals surface area contributed by atoms with E-state index in [1.54, 1.807) is 24.3 Å². The molecule has 0 aromatic heterocycles. The number of rotatable bonds is 5. The highest BCUT2D eigenvalue weighted by Crippen LogP contribution is 2.14. The molecule has 25 heavy (non-hydrogen) atoms. The van der Waals surface area contributed by atoms with E-state index in [1.165, 1.54) is 0 Å². The molecule has 0 aliphatic rings. The van der Waals surface area contributed by atoms with Crippen LogP contribution in [0.25, 0.3) is 0 Å². The molecule has 0 saturated carbocycles. The predicted molar refractivity (Wildman–Crippen MR) is 115 cm³/mol. The molecule has 0 spiro atoms. The van der Waals surface area contributed by atoms with Crippen LogP contribution in [-0.4, -0.2) is 25.0 Å². The largest absolute Gasteiger partial charge is 0.370 e. The summed E-state index contributed by atoms with van der Waals surface area (Å²) in [6.45, 7) is 4.80. The molecule has 2 aromatic carbocycles. The monoisotopic (exact) mass is 472 g/mol. The van der Waals surface area contributed by atoms with Gasteiger partial charge in [0.15, 0.2) is 5.96 Å². The van der Waals surface area contributed by atoms with Gasteiger partial charge >= 0.3 is 0 Å². The Kier molecular flexibility index (Phi) is 8.71. The van der Waals surface area contributed by atoms with Crippen LogP contribution in [0.5, 0.6) is 0 Å². The maximum absolute atomic E-state index is 12.0. The molecule has 134 valence electrons. The number of hydrogen-bond acceptors (Lipinski definition) is 2. The number of guanidine groups is 1. The first kappa shape index (κ1) is 21.2. The average molecular weight is 473 g/mol. The smallest absolute Gasteiger partial charge is 0.252 e. The van der Waals surface area contributed by atoms with Gasteiger partial charge in [-0.2, -0.15) is 0 Å². The summed E-state index contributed by atoms with van der Waals surface area (Å²) in [5.74, 6) is 0.0867. The van der Waals surface area contributed by atoms with E-state index in [0.29, 0.717) is 29.6 Å². The van der Waals surface area contributed by atoms with Gasteiger partial charge in [0, 0.05) is 12.2 Å². The lowest BCUT2D eigenvalue weighted by Crippen LogP contribution is -2.28. The van der Waals surface area contributed by atoms with Crippen LogP contribution in [0.3, 0.4) is 0 Å². The summed E-state index contributed by atoms with van der Waals surface area (Å²) in [6, 6.07) is 13.0. The SMILES string of the molecule is Cc1cc(C)cc(NC(N)=NCCNC(=O)c2ccccc2Cl)c1.I. The van der Waals surface area contributed by atoms with Gasteiger partial charge in [0.1, 0.15) is 0 Å². The number of hydrogen-bond donors (Lipinski definition) is 3. The van der Waals surface area contributed by atoms with Gasteiger partial charge < -0.3 is 16.4 Å². The summed E-state index contributed by atoms with van der Waals surface area (Å²) in [6.07, 6.45) is 0. The lowest BCUT2D eigenvalue weighted by molar-refractivity contribution is 0.0955. The van der Waals surface area contributed by atoms with Crippen LogP contribution in [0.4, 0.5) is 5.69 Å². The van der Waals surface area contributed by atoms with E-state index in [1.807, 2.05) is 26.0 Å². The van der Waals surface area contributed by atoms with E-state index in [-0.39, 0.29) is 29.9 Å². The normalized spacial score (nSPS) is 10.8. The molecule has 0 heterocycles. The van der Waals surface area contributed by atoms with Gasteiger partial charge in [-0.05, 0) is 49.2 Å². The van der Waals surface area contributed by atoms with E-state index in [9.17, 15) is 4.79 Å². The summed E-state index contributed by atoms with van der Waals surface area (Å²) in [7, 11) is 0. The van der Waals surface area contributed by atoms with Crippen molar-refractivity contribution >= 4 is 53.1 Å². The summed E-state index contributed by atoms with van der Waals surface area (Å²) in [5, 5.41) is 6.24. The molecule has 5 nitrogen and oxygen atoms in total. The third kappa shape index (κ3) is 6.91. The van der Waals surface area contributed by atoms with Crippen molar-refractivity contribution in [1.82, 2.24) is 5.32 Å². The number of aryl methyl sites for hydroxylation is 2. The molecule has 0 atom stereocenters. The first-order chi connectivity index (χ1) is 11.5. The van der Waals surface area contributed by atoms with Crippen molar-refractivity contribution in [3.63, 3.8) is 0 Å². The summed E-state index contributed by atoms with van der Waals surface area (Å²) in [4.78, 5) is 16.2. The molecule has 4 N–H and O–H groups in total. The minimum absolute atomic E-state index is 0. The molecule has 7 heteroatoms. The van der Waals surface area contributed by atoms with Crippen LogP contribution in [0.2, 0.25) is 5.02 Å². The predicted octanol–water partition coefficient (Wildman–Crippen LogP) is 3.73. The second kappa shape index (κ2) is 10.2. The van der Waals surface area contributed by atoms with Gasteiger partial charge in [-0.25, -0.2) is 0 Å². The van der Waals surface area contributed by atoms with Crippen LogP contribution >= 0.6 is 35.6 Å². The minimum atomic E-state index is -0.225. The van der Waals surface area contributed by atoms with Crippen LogP contribution in [0, 0.1) is 13.8 Å². The number of carbonyl (C=O) groups excluding carboxylic acids is 1. The Hall–Kier alpha value is -1.80. The number of aliphatic imine (C=N–C) groups is 1. The number of amides is 1. The highest BCUT2D eigenvalue weighted by Gasteiger charge is 2.08. The molecule has 2 rings (SSSR count). The Morgan fingerprint density at radius 2 is 1.80 bits per heavy atom. The molecule has 0 unspecified atom stereocenters. The second-order valence-corrected chi connectivity index (χ2v) is 5.91. The molecule has 1 amide bonds. The number of nitrogens with zero attached hydrogens (tertiary/aromatic N) is 1. The van der Waals surface area contributed by atoms with Gasteiger partial charge in [0.25, 0.3) is 5.91 Å². The number of anilines is 1. The lowest BCUT2D eigenvalue weighted by Gasteiger charge is -2.08. The molecule has 2 aromatic rings. The van der Waals surface area contributed by atoms with Crippen LogP contribution in [0.15, 0.2) is 47.5 Å². The number of halogens is 2. The molecule has 0 fully saturated rings. The third-order valence-corrected chi connectivity index (χ3v) is 3.62. The van der Waals surface area contributed by atoms with E-state index in [0.717, 1.165) is 16.8 Å². The van der Waals surface area contributed by atoms with Gasteiger partial charge in [0.05, 0.1) is 17.1 Å². The molecule has 0 bridgehead atoms. The molecular formula is C18H22ClIN4O. The molecule has 0 radical (unpaired) electrons. The van der Waals surface area contributed by atoms with Crippen molar-refractivity contribution in [2.24, 2.45) is 10.7 Å². The standard InChI is InChI=1S/C18H21ClN4O.HI/c1-12-9-13(2)11-14(10-12)23-18(20)22-8-7-21-17(24)15-5-3-4-6-16(15)19;/h3-6,9-11H,7-8H2,1-2H3,(H,21,24)(H3,20,22,23);1H. The van der Waals surface area contributed by atoms with Crippen LogP contribution in [0.1, 0.15) is 21.5 Å². The maximum Gasteiger partial charge on any atom is 0.252 e. The third-order valence-electron chi connectivity index (χ3n) is 3.29. The van der Waals surface area contributed by atoms with Crippen molar-refractivity contribution in [3.8, 4) is 0 Å². The van der Waals surface area contributed by atoms with Gasteiger partial charge in [-0.1, -0.05) is 29.8 Å². The zero-order valence-electron chi connectivity index (χ0n) is 14.2. The van der Waals surface area contributed by atoms with E-state index in [2.05, 4.69) is 21.7 Å². The summed E-state index contributed by atoms with van der Waals surface area (Å²) >= 11 is 5.98. The fourth-order valence-electron chi connectivity index (χ4n) is 2.32. The highest BCUT2D eigenvalue weighted by atomic mass is 127. The molecule has 0 aliphatic carbocycles. The second-order valence-electron chi connectivity index (χ2n) is 5.50.